The molecule has 4 nitrogen and oxygen atoms in total. The molecule has 1 atom stereocenters. The zero-order valence-electron chi connectivity index (χ0n) is 10.9. The van der Waals surface area contributed by atoms with Crippen molar-refractivity contribution in [3.05, 3.63) is 55.6 Å². The minimum atomic E-state index is -0.712. The van der Waals surface area contributed by atoms with E-state index in [-0.39, 0.29) is 0 Å². The fraction of sp³-hybridized carbons (Fsp3) is 0.143. The number of benzene rings is 1. The van der Waals surface area contributed by atoms with Gasteiger partial charge in [0, 0.05) is 25.3 Å². The van der Waals surface area contributed by atoms with E-state index in [1.165, 1.54) is 7.11 Å². The van der Waals surface area contributed by atoms with E-state index >= 15 is 0 Å². The number of esters is 1. The number of ether oxygens (including phenoxy) is 1. The molecule has 0 saturated carbocycles. The quantitative estimate of drug-likeness (QED) is 0.647. The highest BCUT2D eigenvalue weighted by Crippen LogP contribution is 2.30. The van der Waals surface area contributed by atoms with Crippen LogP contribution in [-0.4, -0.2) is 18.1 Å². The van der Waals surface area contributed by atoms with E-state index < -0.39 is 12.0 Å². The fourth-order valence-corrected chi connectivity index (χ4v) is 3.34. The molecule has 0 aliphatic carbocycles. The standard InChI is InChI=1S/C14H11Br3N2O2/c1-21-14(20)13(12-10(17)6-8(15)7-18-12)19-11-5-3-2-4-9(11)16/h2-7,13,19H,1H3. The highest BCUT2D eigenvalue weighted by Gasteiger charge is 2.25. The number of carbonyl (C=O) groups is 1. The first-order valence-corrected chi connectivity index (χ1v) is 8.30. The summed E-state index contributed by atoms with van der Waals surface area (Å²) < 4.78 is 7.27. The van der Waals surface area contributed by atoms with Gasteiger partial charge in [-0.3, -0.25) is 4.98 Å². The first kappa shape index (κ1) is 16.5. The molecule has 0 amide bonds. The van der Waals surface area contributed by atoms with Gasteiger partial charge in [-0.2, -0.15) is 0 Å². The van der Waals surface area contributed by atoms with Crippen LogP contribution in [-0.2, 0) is 9.53 Å². The first-order chi connectivity index (χ1) is 10.0. The Morgan fingerprint density at radius 1 is 1.24 bits per heavy atom. The number of nitrogens with one attached hydrogen (secondary N) is 1. The highest BCUT2D eigenvalue weighted by atomic mass is 79.9. The number of pyridine rings is 1. The zero-order valence-corrected chi connectivity index (χ0v) is 15.7. The number of carbonyl (C=O) groups excluding carboxylic acids is 1. The largest absolute Gasteiger partial charge is 0.467 e. The number of methoxy groups -OCH3 is 1. The molecule has 2 aromatic rings. The third kappa shape index (κ3) is 4.05. The molecule has 0 aliphatic heterocycles. The molecule has 7 heteroatoms. The van der Waals surface area contributed by atoms with Crippen LogP contribution in [0.1, 0.15) is 11.7 Å². The number of rotatable bonds is 4. The molecule has 1 N–H and O–H groups in total. The van der Waals surface area contributed by atoms with E-state index in [0.29, 0.717) is 10.2 Å². The van der Waals surface area contributed by atoms with Crippen molar-refractivity contribution in [2.24, 2.45) is 0 Å². The summed E-state index contributed by atoms with van der Waals surface area (Å²) in [5.74, 6) is -0.415. The molecule has 1 aromatic carbocycles. The third-order valence-corrected chi connectivity index (χ3v) is 4.48. The lowest BCUT2D eigenvalue weighted by Gasteiger charge is -2.19. The van der Waals surface area contributed by atoms with Crippen LogP contribution in [0, 0.1) is 0 Å². The predicted octanol–water partition coefficient (Wildman–Crippen LogP) is 4.70. The molecule has 0 fully saturated rings. The molecule has 2 rings (SSSR count). The summed E-state index contributed by atoms with van der Waals surface area (Å²) in [5.41, 5.74) is 1.34. The number of para-hydroxylation sites is 1. The summed E-state index contributed by atoms with van der Waals surface area (Å²) in [5, 5.41) is 3.15. The lowest BCUT2D eigenvalue weighted by Crippen LogP contribution is -2.24. The average Bonchev–Trinajstić information content (AvgIpc) is 2.46. The van der Waals surface area contributed by atoms with Gasteiger partial charge >= 0.3 is 5.97 Å². The van der Waals surface area contributed by atoms with E-state index in [9.17, 15) is 4.79 Å². The molecule has 1 unspecified atom stereocenters. The van der Waals surface area contributed by atoms with Crippen molar-refractivity contribution in [3.63, 3.8) is 0 Å². The van der Waals surface area contributed by atoms with Crippen molar-refractivity contribution >= 4 is 59.4 Å². The Morgan fingerprint density at radius 2 is 1.95 bits per heavy atom. The maximum atomic E-state index is 12.1. The molecule has 1 heterocycles. The van der Waals surface area contributed by atoms with Gasteiger partial charge in [0.05, 0.1) is 12.8 Å². The van der Waals surface area contributed by atoms with E-state index in [2.05, 4.69) is 58.1 Å². The number of nitrogens with zero attached hydrogens (tertiary/aromatic N) is 1. The van der Waals surface area contributed by atoms with Gasteiger partial charge in [0.2, 0.25) is 0 Å². The molecule has 0 saturated heterocycles. The van der Waals surface area contributed by atoms with Crippen molar-refractivity contribution in [3.8, 4) is 0 Å². The van der Waals surface area contributed by atoms with Gasteiger partial charge in [-0.25, -0.2) is 4.79 Å². The Kier molecular flexibility index (Phi) is 5.78. The molecule has 21 heavy (non-hydrogen) atoms. The molecular formula is C14H11Br3N2O2. The van der Waals surface area contributed by atoms with Gasteiger partial charge in [-0.1, -0.05) is 12.1 Å². The Morgan fingerprint density at radius 3 is 2.57 bits per heavy atom. The molecule has 0 bridgehead atoms. The van der Waals surface area contributed by atoms with Gasteiger partial charge in [0.25, 0.3) is 0 Å². The van der Waals surface area contributed by atoms with E-state index in [4.69, 9.17) is 4.74 Å². The molecule has 0 radical (unpaired) electrons. The molecular weight excluding hydrogens is 468 g/mol. The van der Waals surface area contributed by atoms with Crippen LogP contribution < -0.4 is 5.32 Å². The van der Waals surface area contributed by atoms with Crippen LogP contribution in [0.2, 0.25) is 0 Å². The van der Waals surface area contributed by atoms with E-state index in [1.54, 1.807) is 6.20 Å². The summed E-state index contributed by atoms with van der Waals surface area (Å²) in [6.45, 7) is 0. The molecule has 1 aromatic heterocycles. The van der Waals surface area contributed by atoms with Crippen LogP contribution in [0.25, 0.3) is 0 Å². The second-order valence-electron chi connectivity index (χ2n) is 4.10. The van der Waals surface area contributed by atoms with Crippen LogP contribution in [0.3, 0.4) is 0 Å². The van der Waals surface area contributed by atoms with Crippen LogP contribution in [0.5, 0.6) is 0 Å². The lowest BCUT2D eigenvalue weighted by molar-refractivity contribution is -0.141. The minimum Gasteiger partial charge on any atom is -0.467 e. The van der Waals surface area contributed by atoms with Crippen molar-refractivity contribution in [1.29, 1.82) is 0 Å². The fourth-order valence-electron chi connectivity index (χ4n) is 1.73. The minimum absolute atomic E-state index is 0.415. The SMILES string of the molecule is COC(=O)C(Nc1ccccc1Br)c1ncc(Br)cc1Br. The Hall–Kier alpha value is -0.920. The van der Waals surface area contributed by atoms with Crippen molar-refractivity contribution in [2.75, 3.05) is 12.4 Å². The van der Waals surface area contributed by atoms with Crippen molar-refractivity contribution in [1.82, 2.24) is 4.98 Å². The smallest absolute Gasteiger partial charge is 0.334 e. The van der Waals surface area contributed by atoms with Gasteiger partial charge in [0.15, 0.2) is 6.04 Å². The summed E-state index contributed by atoms with van der Waals surface area (Å²) in [7, 11) is 1.35. The Labute approximate surface area is 147 Å². The van der Waals surface area contributed by atoms with E-state index in [0.717, 1.165) is 14.6 Å². The first-order valence-electron chi connectivity index (χ1n) is 5.92. The highest BCUT2D eigenvalue weighted by molar-refractivity contribution is 9.11. The molecule has 0 spiro atoms. The van der Waals surface area contributed by atoms with Gasteiger partial charge in [0.1, 0.15) is 0 Å². The van der Waals surface area contributed by atoms with Crippen LogP contribution in [0.4, 0.5) is 5.69 Å². The normalized spacial score (nSPS) is 11.8. The van der Waals surface area contributed by atoms with Gasteiger partial charge in [-0.05, 0) is 66.0 Å². The Bertz CT molecular complexity index is 664. The maximum absolute atomic E-state index is 12.1. The van der Waals surface area contributed by atoms with E-state index in [1.807, 2.05) is 30.3 Å². The summed E-state index contributed by atoms with van der Waals surface area (Å²) in [6.07, 6.45) is 1.64. The number of anilines is 1. The summed E-state index contributed by atoms with van der Waals surface area (Å²) in [6, 6.07) is 8.66. The number of aromatic nitrogens is 1. The second-order valence-corrected chi connectivity index (χ2v) is 6.73. The monoisotopic (exact) mass is 476 g/mol. The predicted molar refractivity (Wildman–Crippen MR) is 92.2 cm³/mol. The summed E-state index contributed by atoms with van der Waals surface area (Å²) >= 11 is 10.2. The van der Waals surface area contributed by atoms with Crippen LogP contribution in [0.15, 0.2) is 49.9 Å². The maximum Gasteiger partial charge on any atom is 0.334 e. The summed E-state index contributed by atoms with van der Waals surface area (Å²) in [4.78, 5) is 16.4. The molecule has 0 aliphatic rings. The Balaban J connectivity index is 2.40. The lowest BCUT2D eigenvalue weighted by atomic mass is 10.1. The number of hydrogen-bond donors (Lipinski definition) is 1. The average molecular weight is 479 g/mol. The number of halogens is 3. The topological polar surface area (TPSA) is 51.2 Å². The van der Waals surface area contributed by atoms with Crippen LogP contribution >= 0.6 is 47.8 Å². The van der Waals surface area contributed by atoms with Gasteiger partial charge < -0.3 is 10.1 Å². The third-order valence-electron chi connectivity index (χ3n) is 2.72. The second kappa shape index (κ2) is 7.38. The molecule has 110 valence electrons. The zero-order chi connectivity index (χ0) is 15.4. The van der Waals surface area contributed by atoms with Crippen molar-refractivity contribution in [2.45, 2.75) is 6.04 Å². The van der Waals surface area contributed by atoms with Crippen molar-refractivity contribution < 1.29 is 9.53 Å². The number of hydrogen-bond acceptors (Lipinski definition) is 4. The van der Waals surface area contributed by atoms with Gasteiger partial charge in [-0.15, -0.1) is 0 Å².